The molecule has 0 spiro atoms. The largest absolute Gasteiger partial charge is 0.330 e. The van der Waals surface area contributed by atoms with E-state index in [-0.39, 0.29) is 12.5 Å². The summed E-state index contributed by atoms with van der Waals surface area (Å²) >= 11 is 0. The normalized spacial score (nSPS) is 13.0. The van der Waals surface area contributed by atoms with Crippen molar-refractivity contribution in [2.24, 2.45) is 5.73 Å². The molecule has 2 N–H and O–H groups in total. The minimum Gasteiger partial charge on any atom is -0.330 e. The summed E-state index contributed by atoms with van der Waals surface area (Å²) in [6.45, 7) is 1.98. The SMILES string of the molecule is CC(CN)c1cc(F)c(F)c(F)c1. The average Bonchev–Trinajstić information content (AvgIpc) is 2.12. The lowest BCUT2D eigenvalue weighted by molar-refractivity contribution is 0.444. The lowest BCUT2D eigenvalue weighted by Crippen LogP contribution is -2.10. The number of nitrogens with two attached hydrogens (primary N) is 1. The van der Waals surface area contributed by atoms with Crippen LogP contribution in [0.25, 0.3) is 0 Å². The maximum atomic E-state index is 12.7. The van der Waals surface area contributed by atoms with Crippen LogP contribution in [-0.4, -0.2) is 6.54 Å². The Bertz CT molecular complexity index is 289. The monoisotopic (exact) mass is 189 g/mol. The molecule has 72 valence electrons. The van der Waals surface area contributed by atoms with Crippen LogP contribution in [-0.2, 0) is 0 Å². The number of rotatable bonds is 2. The molecule has 1 aromatic carbocycles. The first kappa shape index (κ1) is 10.1. The fourth-order valence-electron chi connectivity index (χ4n) is 0.996. The molecule has 0 saturated carbocycles. The molecule has 0 bridgehead atoms. The van der Waals surface area contributed by atoms with Gasteiger partial charge in [-0.05, 0) is 30.2 Å². The molecule has 0 aliphatic rings. The predicted molar refractivity (Wildman–Crippen MR) is 43.8 cm³/mol. The summed E-state index contributed by atoms with van der Waals surface area (Å²) in [5.41, 5.74) is 5.68. The molecule has 0 saturated heterocycles. The molecule has 0 heterocycles. The lowest BCUT2D eigenvalue weighted by Gasteiger charge is -2.09. The highest BCUT2D eigenvalue weighted by molar-refractivity contribution is 5.22. The molecule has 0 aliphatic heterocycles. The van der Waals surface area contributed by atoms with Gasteiger partial charge in [-0.2, -0.15) is 0 Å². The average molecular weight is 189 g/mol. The van der Waals surface area contributed by atoms with Crippen LogP contribution in [0.4, 0.5) is 13.2 Å². The Labute approximate surface area is 74.4 Å². The third-order valence-corrected chi connectivity index (χ3v) is 1.93. The van der Waals surface area contributed by atoms with Crippen LogP contribution in [0.2, 0.25) is 0 Å². The Morgan fingerprint density at radius 3 is 2.08 bits per heavy atom. The maximum Gasteiger partial charge on any atom is 0.194 e. The minimum atomic E-state index is -1.44. The summed E-state index contributed by atoms with van der Waals surface area (Å²) in [5, 5.41) is 0. The summed E-state index contributed by atoms with van der Waals surface area (Å²) in [6, 6.07) is 1.94. The minimum absolute atomic E-state index is 0.176. The van der Waals surface area contributed by atoms with Crippen LogP contribution in [0.1, 0.15) is 18.4 Å². The van der Waals surface area contributed by atoms with Gasteiger partial charge in [0.1, 0.15) is 0 Å². The molecule has 1 atom stereocenters. The molecule has 1 rings (SSSR count). The van der Waals surface area contributed by atoms with E-state index in [0.717, 1.165) is 12.1 Å². The molecule has 1 aromatic rings. The summed E-state index contributed by atoms with van der Waals surface area (Å²) < 4.78 is 37.9. The van der Waals surface area contributed by atoms with Gasteiger partial charge >= 0.3 is 0 Å². The zero-order valence-corrected chi connectivity index (χ0v) is 7.15. The Hall–Kier alpha value is -1.03. The van der Waals surface area contributed by atoms with E-state index in [0.29, 0.717) is 5.56 Å². The highest BCUT2D eigenvalue weighted by Gasteiger charge is 2.13. The van der Waals surface area contributed by atoms with E-state index in [4.69, 9.17) is 5.73 Å². The summed E-state index contributed by atoms with van der Waals surface area (Å²) in [5.74, 6) is -3.96. The Morgan fingerprint density at radius 1 is 1.23 bits per heavy atom. The van der Waals surface area contributed by atoms with E-state index in [1.165, 1.54) is 0 Å². The highest BCUT2D eigenvalue weighted by Crippen LogP contribution is 2.19. The molecule has 1 nitrogen and oxygen atoms in total. The van der Waals surface area contributed by atoms with E-state index < -0.39 is 17.5 Å². The zero-order valence-electron chi connectivity index (χ0n) is 7.15. The van der Waals surface area contributed by atoms with E-state index in [2.05, 4.69) is 0 Å². The molecule has 0 amide bonds. The number of halogens is 3. The molecule has 0 aliphatic carbocycles. The van der Waals surface area contributed by atoms with Gasteiger partial charge < -0.3 is 5.73 Å². The second-order valence-corrected chi connectivity index (χ2v) is 2.94. The molecule has 13 heavy (non-hydrogen) atoms. The van der Waals surface area contributed by atoms with E-state index >= 15 is 0 Å². The molecule has 1 unspecified atom stereocenters. The van der Waals surface area contributed by atoms with Crippen LogP contribution in [0.5, 0.6) is 0 Å². The van der Waals surface area contributed by atoms with Gasteiger partial charge in [0.2, 0.25) is 0 Å². The highest BCUT2D eigenvalue weighted by atomic mass is 19.2. The zero-order chi connectivity index (χ0) is 10.0. The first-order valence-corrected chi connectivity index (χ1v) is 3.90. The second kappa shape index (κ2) is 3.79. The van der Waals surface area contributed by atoms with Crippen LogP contribution < -0.4 is 5.73 Å². The number of hydrogen-bond donors (Lipinski definition) is 1. The second-order valence-electron chi connectivity index (χ2n) is 2.94. The standard InChI is InChI=1S/C9H10F3N/c1-5(4-13)6-2-7(10)9(12)8(11)3-6/h2-3,5H,4,13H2,1H3. The molecular formula is C9H10F3N. The summed E-state index contributed by atoms with van der Waals surface area (Å²) in [7, 11) is 0. The Kier molecular flexibility index (Phi) is 2.93. The Morgan fingerprint density at radius 2 is 1.69 bits per heavy atom. The molecule has 0 radical (unpaired) electrons. The summed E-state index contributed by atoms with van der Waals surface area (Å²) in [6.07, 6.45) is 0. The van der Waals surface area contributed by atoms with Crippen molar-refractivity contribution in [3.05, 3.63) is 35.1 Å². The quantitative estimate of drug-likeness (QED) is 0.709. The topological polar surface area (TPSA) is 26.0 Å². The molecule has 0 aromatic heterocycles. The van der Waals surface area contributed by atoms with Crippen LogP contribution in [0.3, 0.4) is 0 Å². The van der Waals surface area contributed by atoms with Gasteiger partial charge in [-0.1, -0.05) is 6.92 Å². The fourth-order valence-corrected chi connectivity index (χ4v) is 0.996. The van der Waals surface area contributed by atoms with Crippen molar-refractivity contribution in [1.82, 2.24) is 0 Å². The van der Waals surface area contributed by atoms with Gasteiger partial charge in [-0.25, -0.2) is 13.2 Å². The number of hydrogen-bond acceptors (Lipinski definition) is 1. The van der Waals surface area contributed by atoms with Gasteiger partial charge in [-0.3, -0.25) is 0 Å². The van der Waals surface area contributed by atoms with Crippen molar-refractivity contribution in [3.63, 3.8) is 0 Å². The summed E-state index contributed by atoms with van der Waals surface area (Å²) in [4.78, 5) is 0. The van der Waals surface area contributed by atoms with E-state index in [9.17, 15) is 13.2 Å². The molecule has 4 heteroatoms. The van der Waals surface area contributed by atoms with E-state index in [1.807, 2.05) is 0 Å². The van der Waals surface area contributed by atoms with Crippen LogP contribution >= 0.6 is 0 Å². The van der Waals surface area contributed by atoms with Gasteiger partial charge in [0, 0.05) is 0 Å². The van der Waals surface area contributed by atoms with Gasteiger partial charge in [-0.15, -0.1) is 0 Å². The maximum absolute atomic E-state index is 12.7. The molecular weight excluding hydrogens is 179 g/mol. The third kappa shape index (κ3) is 2.01. The van der Waals surface area contributed by atoms with Gasteiger partial charge in [0.05, 0.1) is 0 Å². The van der Waals surface area contributed by atoms with Crippen molar-refractivity contribution in [3.8, 4) is 0 Å². The van der Waals surface area contributed by atoms with Crippen molar-refractivity contribution in [2.75, 3.05) is 6.54 Å². The van der Waals surface area contributed by atoms with Gasteiger partial charge in [0.25, 0.3) is 0 Å². The number of benzene rings is 1. The first-order valence-electron chi connectivity index (χ1n) is 3.90. The van der Waals surface area contributed by atoms with E-state index in [1.54, 1.807) is 6.92 Å². The lowest BCUT2D eigenvalue weighted by atomic mass is 10.0. The van der Waals surface area contributed by atoms with Crippen molar-refractivity contribution < 1.29 is 13.2 Å². The third-order valence-electron chi connectivity index (χ3n) is 1.93. The predicted octanol–water partition coefficient (Wildman–Crippen LogP) is 2.17. The molecule has 0 fully saturated rings. The first-order chi connectivity index (χ1) is 6.06. The van der Waals surface area contributed by atoms with Crippen molar-refractivity contribution in [1.29, 1.82) is 0 Å². The van der Waals surface area contributed by atoms with Crippen LogP contribution in [0, 0.1) is 17.5 Å². The van der Waals surface area contributed by atoms with Crippen molar-refractivity contribution >= 4 is 0 Å². The Balaban J connectivity index is 3.13. The smallest absolute Gasteiger partial charge is 0.194 e. The fraction of sp³-hybridized carbons (Fsp3) is 0.333. The van der Waals surface area contributed by atoms with Gasteiger partial charge in [0.15, 0.2) is 17.5 Å². The van der Waals surface area contributed by atoms with Crippen molar-refractivity contribution in [2.45, 2.75) is 12.8 Å². The van der Waals surface area contributed by atoms with Crippen LogP contribution in [0.15, 0.2) is 12.1 Å².